The molecule has 1 heterocycles. The van der Waals surface area contributed by atoms with Gasteiger partial charge in [0.1, 0.15) is 0 Å². The Balaban J connectivity index is 1.20. The van der Waals surface area contributed by atoms with E-state index >= 15 is 0 Å². The zero-order valence-corrected chi connectivity index (χ0v) is 28.6. The molecule has 9 rings (SSSR count). The second-order valence-electron chi connectivity index (χ2n) is 13.7. The van der Waals surface area contributed by atoms with Gasteiger partial charge >= 0.3 is 0 Å². The summed E-state index contributed by atoms with van der Waals surface area (Å²) in [5.41, 5.74) is 15.0. The van der Waals surface area contributed by atoms with E-state index in [1.807, 2.05) is 24.3 Å². The van der Waals surface area contributed by atoms with Crippen molar-refractivity contribution < 1.29 is 0 Å². The molecule has 0 amide bonds. The molecule has 1 aliphatic carbocycles. The fraction of sp³-hybridized carbons (Fsp3) is 0.0625. The number of nitrogens with zero attached hydrogens (tertiary/aromatic N) is 3. The van der Waals surface area contributed by atoms with Gasteiger partial charge in [0.05, 0.1) is 0 Å². The van der Waals surface area contributed by atoms with E-state index in [9.17, 15) is 0 Å². The van der Waals surface area contributed by atoms with Crippen LogP contribution in [0, 0.1) is 0 Å². The first-order valence-electron chi connectivity index (χ1n) is 17.4. The van der Waals surface area contributed by atoms with Crippen LogP contribution in [0.5, 0.6) is 0 Å². The molecule has 0 radical (unpaired) electrons. The van der Waals surface area contributed by atoms with Crippen molar-refractivity contribution in [1.82, 2.24) is 15.0 Å². The van der Waals surface area contributed by atoms with E-state index in [4.69, 9.17) is 15.0 Å². The van der Waals surface area contributed by atoms with Gasteiger partial charge in [-0.15, -0.1) is 0 Å². The van der Waals surface area contributed by atoms with Crippen LogP contribution in [0.4, 0.5) is 0 Å². The highest BCUT2D eigenvalue weighted by molar-refractivity contribution is 5.90. The minimum atomic E-state index is -0.0816. The summed E-state index contributed by atoms with van der Waals surface area (Å²) in [6.45, 7) is 4.67. The zero-order valence-electron chi connectivity index (χ0n) is 28.6. The third-order valence-electron chi connectivity index (χ3n) is 10.2. The van der Waals surface area contributed by atoms with Gasteiger partial charge in [-0.25, -0.2) is 15.0 Å². The molecule has 0 bridgehead atoms. The number of hydrogen-bond acceptors (Lipinski definition) is 3. The molecule has 51 heavy (non-hydrogen) atoms. The summed E-state index contributed by atoms with van der Waals surface area (Å²) in [5.74, 6) is 1.92. The monoisotopic (exact) mass is 653 g/mol. The van der Waals surface area contributed by atoms with Gasteiger partial charge in [-0.05, 0) is 73.8 Å². The molecule has 0 unspecified atom stereocenters. The molecule has 0 aliphatic heterocycles. The highest BCUT2D eigenvalue weighted by Gasteiger charge is 2.35. The predicted molar refractivity (Wildman–Crippen MR) is 210 cm³/mol. The summed E-state index contributed by atoms with van der Waals surface area (Å²) in [6.07, 6.45) is 0. The number of hydrogen-bond donors (Lipinski definition) is 0. The van der Waals surface area contributed by atoms with Gasteiger partial charge in [-0.1, -0.05) is 172 Å². The van der Waals surface area contributed by atoms with Gasteiger partial charge in [0.25, 0.3) is 0 Å². The molecule has 0 atom stereocenters. The van der Waals surface area contributed by atoms with Crippen LogP contribution in [0.25, 0.3) is 78.7 Å². The SMILES string of the molecule is CC1(C)c2ccccc2-c2ccc(-c3ccc(-c4nc(-c5ccccc5)nc(-c5cccc(-c6ccccc6)c5)n4)cc3-c3ccccc3)cc21. The van der Waals surface area contributed by atoms with Crippen LogP contribution < -0.4 is 0 Å². The quantitative estimate of drug-likeness (QED) is 0.179. The van der Waals surface area contributed by atoms with Crippen LogP contribution >= 0.6 is 0 Å². The molecule has 0 fully saturated rings. The van der Waals surface area contributed by atoms with Crippen LogP contribution in [0.2, 0.25) is 0 Å². The van der Waals surface area contributed by atoms with Crippen LogP contribution in [0.1, 0.15) is 25.0 Å². The topological polar surface area (TPSA) is 38.7 Å². The molecule has 3 heteroatoms. The second-order valence-corrected chi connectivity index (χ2v) is 13.7. The summed E-state index contributed by atoms with van der Waals surface area (Å²) >= 11 is 0. The van der Waals surface area contributed by atoms with Gasteiger partial charge in [0.2, 0.25) is 0 Å². The lowest BCUT2D eigenvalue weighted by Crippen LogP contribution is -2.14. The van der Waals surface area contributed by atoms with Gasteiger partial charge < -0.3 is 0 Å². The average molecular weight is 654 g/mol. The smallest absolute Gasteiger partial charge is 0.164 e. The summed E-state index contributed by atoms with van der Waals surface area (Å²) in [4.78, 5) is 15.2. The maximum Gasteiger partial charge on any atom is 0.164 e. The van der Waals surface area contributed by atoms with Crippen molar-refractivity contribution in [3.8, 4) is 78.7 Å². The maximum atomic E-state index is 5.14. The normalized spacial score (nSPS) is 12.7. The zero-order chi connectivity index (χ0) is 34.4. The first-order valence-corrected chi connectivity index (χ1v) is 17.4. The summed E-state index contributed by atoms with van der Waals surface area (Å²) in [5, 5.41) is 0. The fourth-order valence-electron chi connectivity index (χ4n) is 7.48. The Labute approximate surface area is 299 Å². The lowest BCUT2D eigenvalue weighted by Gasteiger charge is -2.22. The maximum absolute atomic E-state index is 5.14. The third-order valence-corrected chi connectivity index (χ3v) is 10.2. The van der Waals surface area contributed by atoms with E-state index in [-0.39, 0.29) is 5.41 Å². The van der Waals surface area contributed by atoms with Crippen LogP contribution in [0.3, 0.4) is 0 Å². The first-order chi connectivity index (χ1) is 25.0. The Kier molecular flexibility index (Phi) is 7.48. The van der Waals surface area contributed by atoms with E-state index in [1.165, 1.54) is 33.4 Å². The van der Waals surface area contributed by atoms with E-state index in [0.717, 1.165) is 38.9 Å². The highest BCUT2D eigenvalue weighted by Crippen LogP contribution is 2.50. The number of fused-ring (bicyclic) bond motifs is 3. The molecule has 0 saturated heterocycles. The van der Waals surface area contributed by atoms with Crippen LogP contribution in [-0.2, 0) is 5.41 Å². The molecule has 242 valence electrons. The van der Waals surface area contributed by atoms with Crippen molar-refractivity contribution in [3.63, 3.8) is 0 Å². The lowest BCUT2D eigenvalue weighted by molar-refractivity contribution is 0.660. The molecule has 8 aromatic rings. The van der Waals surface area contributed by atoms with Gasteiger partial charge in [0.15, 0.2) is 17.5 Å². The van der Waals surface area contributed by atoms with Gasteiger partial charge in [0, 0.05) is 22.1 Å². The summed E-state index contributed by atoms with van der Waals surface area (Å²) in [6, 6.07) is 62.0. The minimum Gasteiger partial charge on any atom is -0.208 e. The van der Waals surface area contributed by atoms with Crippen molar-refractivity contribution in [3.05, 3.63) is 187 Å². The molecule has 1 aromatic heterocycles. The first kappa shape index (κ1) is 30.6. The number of aromatic nitrogens is 3. The molecule has 1 aliphatic rings. The Hall–Kier alpha value is -6.45. The highest BCUT2D eigenvalue weighted by atomic mass is 15.0. The summed E-state index contributed by atoms with van der Waals surface area (Å²) in [7, 11) is 0. The fourth-order valence-corrected chi connectivity index (χ4v) is 7.48. The van der Waals surface area contributed by atoms with Crippen molar-refractivity contribution in [2.45, 2.75) is 19.3 Å². The number of benzene rings is 7. The van der Waals surface area contributed by atoms with Gasteiger partial charge in [-0.2, -0.15) is 0 Å². The Morgan fingerprint density at radius 2 is 0.784 bits per heavy atom. The molecule has 7 aromatic carbocycles. The van der Waals surface area contributed by atoms with Gasteiger partial charge in [-0.3, -0.25) is 0 Å². The molecule has 0 spiro atoms. The predicted octanol–water partition coefficient (Wildman–Crippen LogP) is 12.2. The molecular weight excluding hydrogens is 619 g/mol. The Morgan fingerprint density at radius 3 is 1.49 bits per heavy atom. The summed E-state index contributed by atoms with van der Waals surface area (Å²) < 4.78 is 0. The van der Waals surface area contributed by atoms with Crippen LogP contribution in [-0.4, -0.2) is 15.0 Å². The second kappa shape index (κ2) is 12.5. The molecule has 0 saturated carbocycles. The van der Waals surface area contributed by atoms with E-state index in [1.54, 1.807) is 0 Å². The van der Waals surface area contributed by atoms with Crippen LogP contribution in [0.15, 0.2) is 176 Å². The Bertz CT molecular complexity index is 2540. The van der Waals surface area contributed by atoms with Crippen molar-refractivity contribution in [1.29, 1.82) is 0 Å². The van der Waals surface area contributed by atoms with Crippen molar-refractivity contribution in [2.75, 3.05) is 0 Å². The molecule has 0 N–H and O–H groups in total. The van der Waals surface area contributed by atoms with E-state index < -0.39 is 0 Å². The molecular formula is C48H35N3. The number of rotatable bonds is 6. The minimum absolute atomic E-state index is 0.0816. The Morgan fingerprint density at radius 1 is 0.294 bits per heavy atom. The average Bonchev–Trinajstić information content (AvgIpc) is 3.44. The van der Waals surface area contributed by atoms with Crippen molar-refractivity contribution >= 4 is 0 Å². The lowest BCUT2D eigenvalue weighted by atomic mass is 9.81. The third kappa shape index (κ3) is 5.53. The standard InChI is InChI=1S/C48H35N3/c1-48(2)43-24-13-12-23-40(43)41-28-25-36(31-44(41)48)39-27-26-38(30-42(39)33-17-8-4-9-18-33)47-50-45(34-19-10-5-11-20-34)49-46(51-47)37-22-14-21-35(29-37)32-15-6-3-7-16-32/h3-31H,1-2H3. The molecule has 3 nitrogen and oxygen atoms in total. The van der Waals surface area contributed by atoms with E-state index in [2.05, 4.69) is 166 Å². The van der Waals surface area contributed by atoms with Crippen molar-refractivity contribution in [2.24, 2.45) is 0 Å². The van der Waals surface area contributed by atoms with E-state index in [0.29, 0.717) is 17.5 Å². The largest absolute Gasteiger partial charge is 0.208 e.